The number of benzene rings is 1. The van der Waals surface area contributed by atoms with Gasteiger partial charge < -0.3 is 25.2 Å². The third-order valence-electron chi connectivity index (χ3n) is 3.72. The second kappa shape index (κ2) is 8.30. The van der Waals surface area contributed by atoms with E-state index in [2.05, 4.69) is 10.1 Å². The van der Waals surface area contributed by atoms with Crippen molar-refractivity contribution in [3.63, 3.8) is 0 Å². The number of ether oxygens (including phenoxy) is 1. The lowest BCUT2D eigenvalue weighted by molar-refractivity contribution is -0.385. The Bertz CT molecular complexity index is 867. The number of anilines is 1. The number of halogens is 1. The van der Waals surface area contributed by atoms with Crippen LogP contribution in [-0.4, -0.2) is 64.7 Å². The van der Waals surface area contributed by atoms with Crippen molar-refractivity contribution in [1.82, 2.24) is 4.90 Å². The van der Waals surface area contributed by atoms with Crippen molar-refractivity contribution >= 4 is 51.8 Å². The normalized spacial score (nSPS) is 13.7. The van der Waals surface area contributed by atoms with E-state index >= 15 is 0 Å². The number of β-amino-alcohol motifs (C(OH)–C–C–N with tert-alkyl or cyclic N) is 1. The first kappa shape index (κ1) is 20.6. The predicted molar refractivity (Wildman–Crippen MR) is 99.1 cm³/mol. The molecule has 1 heterocycles. The fourth-order valence-corrected chi connectivity index (χ4v) is 3.21. The molecule has 1 aromatic carbocycles. The second-order valence-electron chi connectivity index (χ2n) is 5.33. The van der Waals surface area contributed by atoms with Crippen LogP contribution in [0.5, 0.6) is 0 Å². The van der Waals surface area contributed by atoms with E-state index in [0.717, 1.165) is 19.2 Å². The maximum atomic E-state index is 12.5. The molecule has 0 unspecified atom stereocenters. The highest BCUT2D eigenvalue weighted by molar-refractivity contribution is 14.1. The number of carbonyl (C=O) groups is 3. The lowest BCUT2D eigenvalue weighted by atomic mass is 10.1. The summed E-state index contributed by atoms with van der Waals surface area (Å²) >= 11 is 1.69. The van der Waals surface area contributed by atoms with Gasteiger partial charge in [0, 0.05) is 22.2 Å². The number of esters is 1. The van der Waals surface area contributed by atoms with Crippen molar-refractivity contribution in [2.75, 3.05) is 32.1 Å². The predicted octanol–water partition coefficient (Wildman–Crippen LogP) is 0.571. The summed E-state index contributed by atoms with van der Waals surface area (Å²) in [4.78, 5) is 47.5. The summed E-state index contributed by atoms with van der Waals surface area (Å²) in [6.45, 7) is -0.489. The Kier molecular flexibility index (Phi) is 6.32. The third kappa shape index (κ3) is 4.16. The Morgan fingerprint density at radius 2 is 2.11 bits per heavy atom. The van der Waals surface area contributed by atoms with Crippen LogP contribution in [0.1, 0.15) is 10.4 Å². The minimum absolute atomic E-state index is 0.0341. The maximum absolute atomic E-state index is 12.5. The summed E-state index contributed by atoms with van der Waals surface area (Å²) in [5.74, 6) is -2.87. The topological polar surface area (TPSA) is 159 Å². The quantitative estimate of drug-likeness (QED) is 0.215. The van der Waals surface area contributed by atoms with Crippen molar-refractivity contribution in [2.45, 2.75) is 0 Å². The van der Waals surface area contributed by atoms with Crippen molar-refractivity contribution in [1.29, 1.82) is 0 Å². The highest BCUT2D eigenvalue weighted by Gasteiger charge is 2.35. The molecule has 0 radical (unpaired) electrons. The smallest absolute Gasteiger partial charge is 0.338 e. The standard InChI is InChI=1S/C15H14IN3O8/c1-27-15(24)9-6-18(2-3-20)13(21)12(9)17-11-8(14(22)23)4-7(19(25)26)5-10(11)16/h4-5,17,20H,2-3,6H2,1H3,(H,22,23). The number of hydrogen-bond donors (Lipinski definition) is 3. The van der Waals surface area contributed by atoms with Gasteiger partial charge in [-0.05, 0) is 22.6 Å². The number of carboxylic acid groups (broad SMARTS) is 1. The average molecular weight is 491 g/mol. The lowest BCUT2D eigenvalue weighted by Crippen LogP contribution is -2.31. The summed E-state index contributed by atoms with van der Waals surface area (Å²) in [5.41, 5.74) is -1.17. The van der Waals surface area contributed by atoms with Crippen LogP contribution in [0, 0.1) is 13.7 Å². The summed E-state index contributed by atoms with van der Waals surface area (Å²) in [5, 5.41) is 32.0. The largest absolute Gasteiger partial charge is 0.478 e. The molecule has 11 nitrogen and oxygen atoms in total. The molecule has 1 amide bonds. The molecule has 0 aromatic heterocycles. The molecule has 144 valence electrons. The van der Waals surface area contributed by atoms with E-state index in [9.17, 15) is 29.6 Å². The van der Waals surface area contributed by atoms with E-state index in [1.807, 2.05) is 0 Å². The molecular weight excluding hydrogens is 477 g/mol. The molecule has 0 fully saturated rings. The van der Waals surface area contributed by atoms with Crippen LogP contribution in [0.3, 0.4) is 0 Å². The molecule has 12 heteroatoms. The summed E-state index contributed by atoms with van der Waals surface area (Å²) in [6.07, 6.45) is 0. The van der Waals surface area contributed by atoms with E-state index in [4.69, 9.17) is 5.11 Å². The molecule has 0 spiro atoms. The Labute approximate surface area is 165 Å². The molecule has 0 bridgehead atoms. The monoisotopic (exact) mass is 491 g/mol. The number of non-ortho nitro benzene ring substituents is 1. The van der Waals surface area contributed by atoms with Crippen molar-refractivity contribution in [2.24, 2.45) is 0 Å². The van der Waals surface area contributed by atoms with Crippen LogP contribution < -0.4 is 5.32 Å². The number of aliphatic hydroxyl groups is 1. The Hall–Kier alpha value is -2.74. The molecule has 0 saturated heterocycles. The first-order valence-electron chi connectivity index (χ1n) is 7.41. The van der Waals surface area contributed by atoms with E-state index < -0.39 is 34.0 Å². The lowest BCUT2D eigenvalue weighted by Gasteiger charge is -2.16. The zero-order valence-corrected chi connectivity index (χ0v) is 16.0. The summed E-state index contributed by atoms with van der Waals surface area (Å²) in [7, 11) is 1.13. The number of methoxy groups -OCH3 is 1. The number of carbonyl (C=O) groups excluding carboxylic acids is 2. The first-order valence-corrected chi connectivity index (χ1v) is 8.49. The van der Waals surface area contributed by atoms with Gasteiger partial charge in [-0.15, -0.1) is 0 Å². The number of nitrogens with zero attached hydrogens (tertiary/aromatic N) is 2. The van der Waals surface area contributed by atoms with Gasteiger partial charge in [0.05, 0.1) is 42.0 Å². The molecule has 0 atom stereocenters. The summed E-state index contributed by atoms with van der Waals surface area (Å²) in [6, 6.07) is 1.99. The number of nitro groups is 1. The highest BCUT2D eigenvalue weighted by Crippen LogP contribution is 2.32. The van der Waals surface area contributed by atoms with Gasteiger partial charge in [0.25, 0.3) is 11.6 Å². The zero-order chi connectivity index (χ0) is 20.3. The SMILES string of the molecule is COC(=O)C1=C(Nc2c(I)cc([N+](=O)[O-])cc2C(=O)O)C(=O)N(CCO)C1. The number of hydrogen-bond acceptors (Lipinski definition) is 8. The Balaban J connectivity index is 2.55. The van der Waals surface area contributed by atoms with Crippen LogP contribution in [0.4, 0.5) is 11.4 Å². The number of aliphatic hydroxyl groups excluding tert-OH is 1. The molecule has 0 saturated carbocycles. The Morgan fingerprint density at radius 3 is 2.63 bits per heavy atom. The highest BCUT2D eigenvalue weighted by atomic mass is 127. The van der Waals surface area contributed by atoms with Crippen LogP contribution in [0.25, 0.3) is 0 Å². The van der Waals surface area contributed by atoms with Gasteiger partial charge in [-0.3, -0.25) is 14.9 Å². The molecule has 1 aliphatic heterocycles. The number of nitro benzene ring substituents is 1. The van der Waals surface area contributed by atoms with Gasteiger partial charge in [0.15, 0.2) is 0 Å². The van der Waals surface area contributed by atoms with Crippen LogP contribution >= 0.6 is 22.6 Å². The number of nitrogens with one attached hydrogen (secondary N) is 1. The van der Waals surface area contributed by atoms with Gasteiger partial charge in [0.2, 0.25) is 0 Å². The summed E-state index contributed by atoms with van der Waals surface area (Å²) < 4.78 is 4.82. The van der Waals surface area contributed by atoms with Gasteiger partial charge in [0.1, 0.15) is 5.70 Å². The number of rotatable bonds is 7. The van der Waals surface area contributed by atoms with Gasteiger partial charge in [-0.25, -0.2) is 9.59 Å². The van der Waals surface area contributed by atoms with E-state index in [0.29, 0.717) is 0 Å². The number of aromatic carboxylic acids is 1. The molecule has 27 heavy (non-hydrogen) atoms. The van der Waals surface area contributed by atoms with Crippen LogP contribution in [0.15, 0.2) is 23.4 Å². The number of carboxylic acids is 1. The van der Waals surface area contributed by atoms with Gasteiger partial charge in [-0.1, -0.05) is 0 Å². The molecule has 1 aromatic rings. The second-order valence-corrected chi connectivity index (χ2v) is 6.50. The third-order valence-corrected chi connectivity index (χ3v) is 4.57. The minimum atomic E-state index is -1.45. The van der Waals surface area contributed by atoms with Crippen molar-refractivity contribution in [3.8, 4) is 0 Å². The fourth-order valence-electron chi connectivity index (χ4n) is 2.47. The van der Waals surface area contributed by atoms with E-state index in [-0.39, 0.29) is 40.2 Å². The minimum Gasteiger partial charge on any atom is -0.478 e. The van der Waals surface area contributed by atoms with Crippen molar-refractivity contribution in [3.05, 3.63) is 42.7 Å². The van der Waals surface area contributed by atoms with Gasteiger partial charge >= 0.3 is 11.9 Å². The first-order chi connectivity index (χ1) is 12.7. The van der Waals surface area contributed by atoms with E-state index in [1.165, 1.54) is 4.90 Å². The molecule has 1 aliphatic rings. The fraction of sp³-hybridized carbons (Fsp3) is 0.267. The van der Waals surface area contributed by atoms with Gasteiger partial charge in [-0.2, -0.15) is 0 Å². The van der Waals surface area contributed by atoms with Crippen LogP contribution in [0.2, 0.25) is 0 Å². The molecular formula is C15H14IN3O8. The van der Waals surface area contributed by atoms with Crippen LogP contribution in [-0.2, 0) is 14.3 Å². The average Bonchev–Trinajstić information content (AvgIpc) is 2.92. The maximum Gasteiger partial charge on any atom is 0.338 e. The number of amides is 1. The molecule has 2 rings (SSSR count). The van der Waals surface area contributed by atoms with E-state index in [1.54, 1.807) is 22.6 Å². The van der Waals surface area contributed by atoms with Crippen molar-refractivity contribution < 1.29 is 34.3 Å². The Morgan fingerprint density at radius 1 is 1.44 bits per heavy atom. The molecule has 3 N–H and O–H groups in total. The zero-order valence-electron chi connectivity index (χ0n) is 13.9. The molecule has 0 aliphatic carbocycles.